The summed E-state index contributed by atoms with van der Waals surface area (Å²) in [5.74, 6) is -2.69. The summed E-state index contributed by atoms with van der Waals surface area (Å²) in [5.41, 5.74) is 0.217. The topological polar surface area (TPSA) is 124 Å². The fourth-order valence-electron chi connectivity index (χ4n) is 3.41. The largest absolute Gasteiger partial charge is 0.463 e. The molecule has 10 nitrogen and oxygen atoms in total. The molecule has 1 aliphatic heterocycles. The monoisotopic (exact) mass is 484 g/mol. The number of carbonyl (C=O) groups is 4. The minimum absolute atomic E-state index is 0.319. The quantitative estimate of drug-likeness (QED) is 0.246. The smallest absolute Gasteiger partial charge is 0.303 e. The summed E-state index contributed by atoms with van der Waals surface area (Å²) >= 11 is 0. The lowest BCUT2D eigenvalue weighted by atomic mass is 9.96. The molecule has 0 aromatic heterocycles. The summed E-state index contributed by atoms with van der Waals surface area (Å²) in [6.45, 7) is 14.0. The molecule has 1 fully saturated rings. The molecule has 10 heteroatoms. The predicted octanol–water partition coefficient (Wildman–Crippen LogP) is 2.78. The highest BCUT2D eigenvalue weighted by Crippen LogP contribution is 2.33. The molecular weight excluding hydrogens is 448 g/mol. The highest BCUT2D eigenvalue weighted by molar-refractivity contribution is 5.68. The van der Waals surface area contributed by atoms with E-state index in [1.54, 1.807) is 13.0 Å². The van der Waals surface area contributed by atoms with Crippen LogP contribution in [0, 0.1) is 0 Å². The van der Waals surface area contributed by atoms with Crippen LogP contribution in [0.5, 0.6) is 0 Å². The first-order valence-corrected chi connectivity index (χ1v) is 11.0. The molecule has 1 rings (SSSR count). The van der Waals surface area contributed by atoms with Crippen LogP contribution in [-0.4, -0.2) is 66.8 Å². The molecule has 1 aliphatic rings. The predicted molar refractivity (Wildman–Crippen MR) is 120 cm³/mol. The fraction of sp³-hybridized carbons (Fsp3) is 0.667. The molecule has 1 heterocycles. The van der Waals surface area contributed by atoms with E-state index in [0.717, 1.165) is 19.4 Å². The first kappa shape index (κ1) is 29.3. The maximum atomic E-state index is 11.9. The molecule has 0 radical (unpaired) electrons. The molecule has 0 N–H and O–H groups in total. The van der Waals surface area contributed by atoms with Crippen LogP contribution in [0.3, 0.4) is 0 Å². The summed E-state index contributed by atoms with van der Waals surface area (Å²) in [4.78, 5) is 47.1. The average molecular weight is 485 g/mol. The fourth-order valence-corrected chi connectivity index (χ4v) is 3.41. The number of carbonyl (C=O) groups excluding carboxylic acids is 4. The van der Waals surface area contributed by atoms with E-state index in [9.17, 15) is 19.2 Å². The van der Waals surface area contributed by atoms with Crippen molar-refractivity contribution in [2.45, 2.75) is 97.6 Å². The van der Waals surface area contributed by atoms with Crippen molar-refractivity contribution >= 4 is 23.9 Å². The van der Waals surface area contributed by atoms with Gasteiger partial charge in [-0.2, -0.15) is 0 Å². The van der Waals surface area contributed by atoms with Crippen molar-refractivity contribution in [2.75, 3.05) is 6.61 Å². The second kappa shape index (κ2) is 13.2. The van der Waals surface area contributed by atoms with Gasteiger partial charge in [0.2, 0.25) is 0 Å². The van der Waals surface area contributed by atoms with Gasteiger partial charge in [0.25, 0.3) is 0 Å². The van der Waals surface area contributed by atoms with Crippen LogP contribution >= 0.6 is 0 Å². The minimum atomic E-state index is -1.28. The van der Waals surface area contributed by atoms with E-state index < -0.39 is 60.2 Å². The molecule has 0 amide bonds. The number of rotatable bonds is 11. The van der Waals surface area contributed by atoms with Crippen molar-refractivity contribution in [1.29, 1.82) is 0 Å². The molecule has 0 aromatic carbocycles. The highest BCUT2D eigenvalue weighted by atomic mass is 16.7. The van der Waals surface area contributed by atoms with Crippen molar-refractivity contribution in [3.05, 3.63) is 24.3 Å². The van der Waals surface area contributed by atoms with Gasteiger partial charge in [-0.1, -0.05) is 17.7 Å². The third-order valence-corrected chi connectivity index (χ3v) is 4.96. The summed E-state index contributed by atoms with van der Waals surface area (Å²) in [5, 5.41) is 0. The summed E-state index contributed by atoms with van der Waals surface area (Å²) < 4.78 is 33.5. The van der Waals surface area contributed by atoms with Crippen LogP contribution in [-0.2, 0) is 47.6 Å². The van der Waals surface area contributed by atoms with Gasteiger partial charge in [0, 0.05) is 27.7 Å². The lowest BCUT2D eigenvalue weighted by molar-refractivity contribution is -0.324. The second-order valence-electron chi connectivity index (χ2n) is 8.52. The van der Waals surface area contributed by atoms with Crippen molar-refractivity contribution in [2.24, 2.45) is 0 Å². The van der Waals surface area contributed by atoms with Gasteiger partial charge < -0.3 is 28.4 Å². The van der Waals surface area contributed by atoms with E-state index in [4.69, 9.17) is 28.4 Å². The molecule has 0 saturated carbocycles. The van der Waals surface area contributed by atoms with Crippen molar-refractivity contribution in [3.8, 4) is 0 Å². The normalized spacial score (nSPS) is 25.8. The van der Waals surface area contributed by atoms with E-state index in [1.165, 1.54) is 13.8 Å². The Morgan fingerprint density at radius 2 is 1.38 bits per heavy atom. The Morgan fingerprint density at radius 1 is 0.853 bits per heavy atom. The lowest BCUT2D eigenvalue weighted by Crippen LogP contribution is -2.63. The Labute approximate surface area is 200 Å². The van der Waals surface area contributed by atoms with Gasteiger partial charge in [0.1, 0.15) is 12.7 Å². The summed E-state index contributed by atoms with van der Waals surface area (Å²) in [7, 11) is 0. The minimum Gasteiger partial charge on any atom is -0.463 e. The molecule has 34 heavy (non-hydrogen) atoms. The van der Waals surface area contributed by atoms with Crippen LogP contribution in [0.15, 0.2) is 24.3 Å². The Hall–Kier alpha value is -2.72. The van der Waals surface area contributed by atoms with E-state index in [-0.39, 0.29) is 6.61 Å². The second-order valence-corrected chi connectivity index (χ2v) is 8.52. The van der Waals surface area contributed by atoms with Crippen LogP contribution in [0.1, 0.15) is 61.3 Å². The highest BCUT2D eigenvalue weighted by Gasteiger charge is 2.53. The molecule has 0 unspecified atom stereocenters. The van der Waals surface area contributed by atoms with Gasteiger partial charge in [0.15, 0.2) is 24.6 Å². The molecule has 0 aliphatic carbocycles. The lowest BCUT2D eigenvalue weighted by Gasteiger charge is -2.46. The van der Waals surface area contributed by atoms with E-state index in [2.05, 4.69) is 6.58 Å². The standard InChI is InChI=1S/C24H36O10/c1-9-24(8,12-10-11-14(2)3)34-23-22(32-18(7)28)21(31-17(6)27)20(30-16(5)26)19(33-23)13-29-15(4)25/h9,11,19-23H,1,10,12-13H2,2-8H3/t19-,20-,21+,22-,23+,24+/m1/s1. The zero-order valence-corrected chi connectivity index (χ0v) is 21.0. The number of hydrogen-bond donors (Lipinski definition) is 0. The molecule has 192 valence electrons. The maximum Gasteiger partial charge on any atom is 0.303 e. The first-order valence-electron chi connectivity index (χ1n) is 11.0. The van der Waals surface area contributed by atoms with Crippen LogP contribution in [0.4, 0.5) is 0 Å². The summed E-state index contributed by atoms with van der Waals surface area (Å²) in [6, 6.07) is 0. The molecular formula is C24H36O10. The summed E-state index contributed by atoms with van der Waals surface area (Å²) in [6.07, 6.45) is -1.27. The SMILES string of the molecule is C=C[C@@](C)(CCC=C(C)C)O[C@@H]1O[C@H](COC(C)=O)[C@@H](OC(C)=O)[C@H](OC(C)=O)[C@H]1OC(C)=O. The van der Waals surface area contributed by atoms with Crippen LogP contribution in [0.25, 0.3) is 0 Å². The third-order valence-electron chi connectivity index (χ3n) is 4.96. The Bertz CT molecular complexity index is 785. The Morgan fingerprint density at radius 3 is 1.85 bits per heavy atom. The van der Waals surface area contributed by atoms with Gasteiger partial charge in [0.05, 0.1) is 5.60 Å². The van der Waals surface area contributed by atoms with Gasteiger partial charge in [-0.25, -0.2) is 0 Å². The average Bonchev–Trinajstić information content (AvgIpc) is 2.69. The van der Waals surface area contributed by atoms with Gasteiger partial charge in [-0.3, -0.25) is 19.2 Å². The molecule has 0 spiro atoms. The zero-order chi connectivity index (χ0) is 26.1. The van der Waals surface area contributed by atoms with Gasteiger partial charge >= 0.3 is 23.9 Å². The molecule has 1 saturated heterocycles. The first-order chi connectivity index (χ1) is 15.8. The van der Waals surface area contributed by atoms with E-state index >= 15 is 0 Å². The molecule has 0 aromatic rings. The zero-order valence-electron chi connectivity index (χ0n) is 21.0. The molecule has 6 atom stereocenters. The van der Waals surface area contributed by atoms with Crippen molar-refractivity contribution in [3.63, 3.8) is 0 Å². The maximum absolute atomic E-state index is 11.9. The van der Waals surface area contributed by atoms with Gasteiger partial charge in [-0.15, -0.1) is 6.58 Å². The third kappa shape index (κ3) is 9.64. The number of allylic oxidation sites excluding steroid dienone is 2. The molecule has 0 bridgehead atoms. The number of hydrogen-bond acceptors (Lipinski definition) is 10. The van der Waals surface area contributed by atoms with E-state index in [1.807, 2.05) is 19.9 Å². The van der Waals surface area contributed by atoms with Crippen LogP contribution in [0.2, 0.25) is 0 Å². The van der Waals surface area contributed by atoms with E-state index in [0.29, 0.717) is 12.8 Å². The number of ether oxygens (including phenoxy) is 6. The van der Waals surface area contributed by atoms with Crippen LogP contribution < -0.4 is 0 Å². The van der Waals surface area contributed by atoms with Crippen molar-refractivity contribution < 1.29 is 47.6 Å². The van der Waals surface area contributed by atoms with Crippen molar-refractivity contribution in [1.82, 2.24) is 0 Å². The number of esters is 4. The Kier molecular flexibility index (Phi) is 11.4. The van der Waals surface area contributed by atoms with Gasteiger partial charge in [-0.05, 0) is 33.6 Å². The Balaban J connectivity index is 3.40.